The Bertz CT molecular complexity index is 1460. The van der Waals surface area contributed by atoms with Crippen LogP contribution in [0.1, 0.15) is 43.5 Å². The van der Waals surface area contributed by atoms with Gasteiger partial charge in [0.05, 0.1) is 41.0 Å². The molecular formula is C27H31N5O4S. The van der Waals surface area contributed by atoms with Gasteiger partial charge in [0.2, 0.25) is 0 Å². The van der Waals surface area contributed by atoms with E-state index in [1.807, 2.05) is 44.3 Å². The summed E-state index contributed by atoms with van der Waals surface area (Å²) in [5, 5.41) is 7.57. The zero-order valence-electron chi connectivity index (χ0n) is 21.7. The second-order valence-electron chi connectivity index (χ2n) is 10.1. The Labute approximate surface area is 219 Å². The molecule has 0 N–H and O–H groups in total. The van der Waals surface area contributed by atoms with Gasteiger partial charge in [0.15, 0.2) is 16.5 Å². The van der Waals surface area contributed by atoms with Gasteiger partial charge in [-0.25, -0.2) is 14.5 Å². The van der Waals surface area contributed by atoms with Crippen LogP contribution in [-0.2, 0) is 27.2 Å². The van der Waals surface area contributed by atoms with E-state index >= 15 is 0 Å². The van der Waals surface area contributed by atoms with Crippen molar-refractivity contribution in [3.05, 3.63) is 58.6 Å². The zero-order chi connectivity index (χ0) is 25.7. The van der Waals surface area contributed by atoms with Gasteiger partial charge in [-0.05, 0) is 52.0 Å². The lowest BCUT2D eigenvalue weighted by atomic mass is 9.91. The third-order valence-electron chi connectivity index (χ3n) is 6.80. The highest BCUT2D eigenvalue weighted by Gasteiger charge is 2.34. The van der Waals surface area contributed by atoms with Crippen molar-refractivity contribution in [1.82, 2.24) is 19.6 Å². The summed E-state index contributed by atoms with van der Waals surface area (Å²) in [4.78, 5) is 11.8. The first-order valence-corrected chi connectivity index (χ1v) is 13.4. The van der Waals surface area contributed by atoms with Crippen molar-refractivity contribution in [2.24, 2.45) is 0 Å². The number of hydrogen-bond donors (Lipinski definition) is 0. The summed E-state index contributed by atoms with van der Waals surface area (Å²) in [7, 11) is 1.70. The van der Waals surface area contributed by atoms with Gasteiger partial charge in [0, 0.05) is 32.0 Å². The molecule has 3 atom stereocenters. The second kappa shape index (κ2) is 9.27. The molecule has 5 heterocycles. The first-order chi connectivity index (χ1) is 17.8. The molecule has 6 rings (SSSR count). The molecule has 0 radical (unpaired) electrons. The van der Waals surface area contributed by atoms with E-state index in [1.54, 1.807) is 23.0 Å². The molecule has 1 saturated heterocycles. The minimum absolute atomic E-state index is 0.188. The summed E-state index contributed by atoms with van der Waals surface area (Å²) in [6.45, 7) is 10.2. The highest BCUT2D eigenvalue weighted by molar-refractivity contribution is 7.13. The third kappa shape index (κ3) is 4.76. The molecule has 10 heteroatoms. The number of rotatable bonds is 6. The number of methoxy groups -OCH3 is 1. The summed E-state index contributed by atoms with van der Waals surface area (Å²) in [5.74, 6) is 2.21. The fraction of sp³-hybridized carbons (Fsp3) is 0.444. The Morgan fingerprint density at radius 1 is 1.19 bits per heavy atom. The van der Waals surface area contributed by atoms with E-state index in [4.69, 9.17) is 28.6 Å². The van der Waals surface area contributed by atoms with E-state index in [9.17, 15) is 0 Å². The zero-order valence-corrected chi connectivity index (χ0v) is 22.5. The van der Waals surface area contributed by atoms with Crippen LogP contribution in [0.3, 0.4) is 0 Å². The monoisotopic (exact) mass is 521 g/mol. The van der Waals surface area contributed by atoms with Crippen molar-refractivity contribution in [2.75, 3.05) is 25.1 Å². The molecule has 194 valence electrons. The predicted octanol–water partition coefficient (Wildman–Crippen LogP) is 4.89. The molecule has 1 aliphatic carbocycles. The Kier molecular flexibility index (Phi) is 6.05. The highest BCUT2D eigenvalue weighted by atomic mass is 32.1. The molecule has 4 aromatic rings. The van der Waals surface area contributed by atoms with Gasteiger partial charge in [-0.15, -0.1) is 11.3 Å². The Hall–Kier alpha value is -3.21. The summed E-state index contributed by atoms with van der Waals surface area (Å²) < 4.78 is 26.1. The SMILES string of the molecule is COC1(C)C=C(OCc2csc(N3C[C@@H](C)O[C@@H](C)C3)n2)c2cc(-c3cn4nc(C)ccc4n3)oc2C1. The highest BCUT2D eigenvalue weighted by Crippen LogP contribution is 2.39. The first kappa shape index (κ1) is 24.1. The van der Waals surface area contributed by atoms with Gasteiger partial charge in [-0.1, -0.05) is 0 Å². The average Bonchev–Trinajstić information content (AvgIpc) is 3.59. The van der Waals surface area contributed by atoms with Gasteiger partial charge in [0.1, 0.15) is 23.8 Å². The number of furan rings is 1. The van der Waals surface area contributed by atoms with Gasteiger partial charge in [-0.3, -0.25) is 0 Å². The van der Waals surface area contributed by atoms with Gasteiger partial charge < -0.3 is 23.5 Å². The predicted molar refractivity (Wildman–Crippen MR) is 142 cm³/mol. The second-order valence-corrected chi connectivity index (χ2v) is 11.0. The lowest BCUT2D eigenvalue weighted by Gasteiger charge is -2.35. The van der Waals surface area contributed by atoms with E-state index < -0.39 is 5.60 Å². The Morgan fingerprint density at radius 2 is 2.00 bits per heavy atom. The number of thiazole rings is 1. The Morgan fingerprint density at radius 3 is 2.78 bits per heavy atom. The van der Waals surface area contributed by atoms with Crippen LogP contribution in [0.5, 0.6) is 0 Å². The molecular weight excluding hydrogens is 490 g/mol. The number of fused-ring (bicyclic) bond motifs is 2. The number of imidazole rings is 1. The van der Waals surface area contributed by atoms with E-state index in [0.717, 1.165) is 58.0 Å². The van der Waals surface area contributed by atoms with Crippen LogP contribution in [-0.4, -0.2) is 57.6 Å². The van der Waals surface area contributed by atoms with Crippen molar-refractivity contribution in [3.8, 4) is 11.5 Å². The van der Waals surface area contributed by atoms with Crippen molar-refractivity contribution in [3.63, 3.8) is 0 Å². The molecule has 1 aliphatic heterocycles. The summed E-state index contributed by atoms with van der Waals surface area (Å²) in [5.41, 5.74) is 3.69. The van der Waals surface area contributed by atoms with Crippen LogP contribution in [0.4, 0.5) is 5.13 Å². The summed E-state index contributed by atoms with van der Waals surface area (Å²) in [6.07, 6.45) is 4.89. The van der Waals surface area contributed by atoms with Crippen molar-refractivity contribution in [1.29, 1.82) is 0 Å². The number of nitrogens with zero attached hydrogens (tertiary/aromatic N) is 5. The number of ether oxygens (including phenoxy) is 3. The molecule has 37 heavy (non-hydrogen) atoms. The third-order valence-corrected chi connectivity index (χ3v) is 7.75. The van der Waals surface area contributed by atoms with Crippen LogP contribution in [0.15, 0.2) is 40.3 Å². The maximum absolute atomic E-state index is 6.34. The topological polar surface area (TPSA) is 87.2 Å². The maximum atomic E-state index is 6.34. The van der Waals surface area contributed by atoms with Gasteiger partial charge >= 0.3 is 0 Å². The average molecular weight is 522 g/mol. The van der Waals surface area contributed by atoms with E-state index in [-0.39, 0.29) is 12.2 Å². The summed E-state index contributed by atoms with van der Waals surface area (Å²) >= 11 is 1.64. The van der Waals surface area contributed by atoms with Gasteiger partial charge in [-0.2, -0.15) is 5.10 Å². The largest absolute Gasteiger partial charge is 0.487 e. The molecule has 9 nitrogen and oxygen atoms in total. The number of aryl methyl sites for hydroxylation is 1. The molecule has 1 fully saturated rings. The molecule has 0 amide bonds. The van der Waals surface area contributed by atoms with Crippen LogP contribution in [0.2, 0.25) is 0 Å². The lowest BCUT2D eigenvalue weighted by molar-refractivity contribution is -0.00524. The molecule has 0 bridgehead atoms. The van der Waals surface area contributed by atoms with E-state index in [1.165, 1.54) is 0 Å². The molecule has 0 spiro atoms. The quantitative estimate of drug-likeness (QED) is 0.355. The summed E-state index contributed by atoms with van der Waals surface area (Å²) in [6, 6.07) is 5.89. The minimum Gasteiger partial charge on any atom is -0.487 e. The maximum Gasteiger partial charge on any atom is 0.185 e. The number of aromatic nitrogens is 4. The molecule has 0 saturated carbocycles. The van der Waals surface area contributed by atoms with E-state index in [0.29, 0.717) is 18.8 Å². The van der Waals surface area contributed by atoms with Crippen molar-refractivity contribution in [2.45, 2.75) is 58.5 Å². The van der Waals surface area contributed by atoms with Crippen molar-refractivity contribution >= 4 is 27.9 Å². The standard InChI is InChI=1S/C27H31N5O4S/c1-16-6-7-25-29-21(13-32(25)30-16)22-8-20-23(9-27(4,33-5)10-24(20)36-22)34-14-19-15-37-26(28-19)31-11-17(2)35-18(3)12-31/h6-9,13,15,17-18H,10-12,14H2,1-5H3/t17-,18+,27?. The smallest absolute Gasteiger partial charge is 0.185 e. The number of anilines is 1. The molecule has 2 aliphatic rings. The fourth-order valence-corrected chi connectivity index (χ4v) is 5.79. The first-order valence-electron chi connectivity index (χ1n) is 12.5. The fourth-order valence-electron chi connectivity index (χ4n) is 4.96. The van der Waals surface area contributed by atoms with Crippen LogP contribution >= 0.6 is 11.3 Å². The van der Waals surface area contributed by atoms with Crippen molar-refractivity contribution < 1.29 is 18.6 Å². The number of hydrogen-bond acceptors (Lipinski definition) is 9. The van der Waals surface area contributed by atoms with Gasteiger partial charge in [0.25, 0.3) is 0 Å². The lowest BCUT2D eigenvalue weighted by Crippen LogP contribution is -2.45. The molecule has 1 unspecified atom stereocenters. The Balaban J connectivity index is 1.24. The normalized spacial score (nSPS) is 23.8. The molecule has 0 aromatic carbocycles. The van der Waals surface area contributed by atoms with Crippen LogP contribution in [0.25, 0.3) is 22.9 Å². The minimum atomic E-state index is -0.539. The van der Waals surface area contributed by atoms with E-state index in [2.05, 4.69) is 29.2 Å². The van der Waals surface area contributed by atoms with Crippen LogP contribution < -0.4 is 4.90 Å². The van der Waals surface area contributed by atoms with Crippen LogP contribution in [0, 0.1) is 6.92 Å². The molecule has 4 aromatic heterocycles. The number of morpholine rings is 1.